The Morgan fingerprint density at radius 3 is 2.67 bits per heavy atom. The Bertz CT molecular complexity index is 114. The molecule has 0 atom stereocenters. The molecular formula is C5H9FN2O. The van der Waals surface area contributed by atoms with Gasteiger partial charge in [-0.15, -0.1) is 0 Å². The van der Waals surface area contributed by atoms with Crippen LogP contribution in [0.15, 0.2) is 0 Å². The van der Waals surface area contributed by atoms with Gasteiger partial charge in [0, 0.05) is 13.1 Å². The van der Waals surface area contributed by atoms with Crippen molar-refractivity contribution in [3.05, 3.63) is 0 Å². The fourth-order valence-corrected chi connectivity index (χ4v) is 0.634. The summed E-state index contributed by atoms with van der Waals surface area (Å²) in [6, 6.07) is 0. The number of carbonyl (C=O) groups excluding carboxylic acids is 1. The Morgan fingerprint density at radius 2 is 2.33 bits per heavy atom. The average Bonchev–Trinajstić information content (AvgIpc) is 1.78. The van der Waals surface area contributed by atoms with Gasteiger partial charge in [-0.05, 0) is 6.42 Å². The minimum Gasteiger partial charge on any atom is -0.287 e. The molecule has 0 bridgehead atoms. The van der Waals surface area contributed by atoms with Gasteiger partial charge in [-0.25, -0.2) is 9.40 Å². The fraction of sp³-hybridized carbons (Fsp3) is 0.800. The van der Waals surface area contributed by atoms with Gasteiger partial charge in [-0.3, -0.25) is 10.2 Å². The number of hydrogen-bond donors (Lipinski definition) is 1. The highest BCUT2D eigenvalue weighted by atomic mass is 19.1. The molecule has 3 nitrogen and oxygen atoms in total. The molecule has 1 rings (SSSR count). The van der Waals surface area contributed by atoms with Crippen molar-refractivity contribution in [2.24, 2.45) is 0 Å². The van der Waals surface area contributed by atoms with E-state index in [0.717, 1.165) is 19.5 Å². The average molecular weight is 132 g/mol. The topological polar surface area (TPSA) is 32.3 Å². The molecule has 1 fully saturated rings. The molecule has 0 aromatic heterocycles. The Kier molecular flexibility index (Phi) is 2.00. The number of nitrogens with zero attached hydrogens (tertiary/aromatic N) is 1. The quantitative estimate of drug-likeness (QED) is 0.559. The van der Waals surface area contributed by atoms with Crippen molar-refractivity contribution in [1.29, 1.82) is 0 Å². The summed E-state index contributed by atoms with van der Waals surface area (Å²) in [6.07, 6.45) is 1.09. The number of halogens is 1. The number of hydrogen-bond acceptors (Lipinski definition) is 2. The molecule has 1 aliphatic rings. The molecule has 52 valence electrons. The minimum absolute atomic E-state index is 0.547. The molecule has 1 aliphatic heterocycles. The lowest BCUT2D eigenvalue weighted by Crippen LogP contribution is -2.50. The van der Waals surface area contributed by atoms with Crippen molar-refractivity contribution in [2.75, 3.05) is 19.8 Å². The van der Waals surface area contributed by atoms with Crippen LogP contribution in [-0.4, -0.2) is 30.7 Å². The molecule has 9 heavy (non-hydrogen) atoms. The van der Waals surface area contributed by atoms with E-state index in [2.05, 4.69) is 5.43 Å². The summed E-state index contributed by atoms with van der Waals surface area (Å²) >= 11 is 0. The van der Waals surface area contributed by atoms with Crippen LogP contribution in [0.5, 0.6) is 0 Å². The van der Waals surface area contributed by atoms with E-state index in [9.17, 15) is 9.18 Å². The number of alkyl halides is 1. The summed E-state index contributed by atoms with van der Waals surface area (Å²) in [7, 11) is 0. The number of carbonyl (C=O) groups is 1. The Hall–Kier alpha value is -0.640. The predicted octanol–water partition coefficient (Wildman–Crippen LogP) is -0.307. The van der Waals surface area contributed by atoms with Gasteiger partial charge in [0.05, 0.1) is 0 Å². The van der Waals surface area contributed by atoms with Gasteiger partial charge >= 0.3 is 0 Å². The molecular weight excluding hydrogens is 123 g/mol. The maximum Gasteiger partial charge on any atom is 0.265 e. The first-order valence-electron chi connectivity index (χ1n) is 2.93. The summed E-state index contributed by atoms with van der Waals surface area (Å²) in [5.74, 6) is -0.547. The summed E-state index contributed by atoms with van der Waals surface area (Å²) in [6.45, 7) is 0.786. The summed E-state index contributed by atoms with van der Waals surface area (Å²) < 4.78 is 11.5. The molecule has 0 spiro atoms. The van der Waals surface area contributed by atoms with Crippen LogP contribution >= 0.6 is 0 Å². The van der Waals surface area contributed by atoms with Crippen LogP contribution in [0, 0.1) is 0 Å². The Balaban J connectivity index is 2.09. The van der Waals surface area contributed by atoms with Gasteiger partial charge in [-0.2, -0.15) is 0 Å². The van der Waals surface area contributed by atoms with E-state index in [1.54, 1.807) is 5.01 Å². The van der Waals surface area contributed by atoms with E-state index < -0.39 is 12.6 Å². The van der Waals surface area contributed by atoms with Crippen LogP contribution in [0.1, 0.15) is 6.42 Å². The Morgan fingerprint density at radius 1 is 1.67 bits per heavy atom. The molecule has 0 radical (unpaired) electrons. The number of amides is 1. The smallest absolute Gasteiger partial charge is 0.265 e. The molecule has 0 aliphatic carbocycles. The number of nitrogens with one attached hydrogen (secondary N) is 1. The van der Waals surface area contributed by atoms with E-state index >= 15 is 0 Å². The lowest BCUT2D eigenvalue weighted by molar-refractivity contribution is -0.128. The van der Waals surface area contributed by atoms with Crippen LogP contribution in [0.3, 0.4) is 0 Å². The van der Waals surface area contributed by atoms with Crippen LogP contribution in [0.2, 0.25) is 0 Å². The molecule has 1 N–H and O–H groups in total. The van der Waals surface area contributed by atoms with Crippen LogP contribution in [0.4, 0.5) is 4.39 Å². The fourth-order valence-electron chi connectivity index (χ4n) is 0.634. The second kappa shape index (κ2) is 2.77. The highest BCUT2D eigenvalue weighted by Gasteiger charge is 2.14. The highest BCUT2D eigenvalue weighted by molar-refractivity contribution is 5.76. The van der Waals surface area contributed by atoms with Crippen LogP contribution < -0.4 is 5.43 Å². The van der Waals surface area contributed by atoms with E-state index in [1.165, 1.54) is 0 Å². The zero-order chi connectivity index (χ0) is 6.69. The van der Waals surface area contributed by atoms with Crippen LogP contribution in [-0.2, 0) is 4.79 Å². The van der Waals surface area contributed by atoms with Gasteiger partial charge in [0.2, 0.25) is 0 Å². The molecule has 4 heteroatoms. The molecule has 0 unspecified atom stereocenters. The molecule has 1 amide bonds. The lowest BCUT2D eigenvalue weighted by atomic mass is 10.3. The van der Waals surface area contributed by atoms with Gasteiger partial charge in [0.25, 0.3) is 5.91 Å². The monoisotopic (exact) mass is 132 g/mol. The molecule has 0 saturated carbocycles. The zero-order valence-electron chi connectivity index (χ0n) is 5.06. The minimum atomic E-state index is -0.920. The summed E-state index contributed by atoms with van der Waals surface area (Å²) in [4.78, 5) is 10.3. The highest BCUT2D eigenvalue weighted by Crippen LogP contribution is 1.99. The predicted molar refractivity (Wildman–Crippen MR) is 30.3 cm³/mol. The van der Waals surface area contributed by atoms with Crippen molar-refractivity contribution in [1.82, 2.24) is 10.4 Å². The van der Waals surface area contributed by atoms with Crippen LogP contribution in [0.25, 0.3) is 0 Å². The van der Waals surface area contributed by atoms with Gasteiger partial charge < -0.3 is 0 Å². The first kappa shape index (κ1) is 6.48. The van der Waals surface area contributed by atoms with Gasteiger partial charge in [0.15, 0.2) is 6.67 Å². The second-order valence-electron chi connectivity index (χ2n) is 2.01. The first-order chi connectivity index (χ1) is 4.33. The lowest BCUT2D eigenvalue weighted by Gasteiger charge is -2.30. The van der Waals surface area contributed by atoms with E-state index in [4.69, 9.17) is 0 Å². The van der Waals surface area contributed by atoms with Gasteiger partial charge in [-0.1, -0.05) is 0 Å². The van der Waals surface area contributed by atoms with Crippen molar-refractivity contribution in [3.63, 3.8) is 0 Å². The third-order valence-corrected chi connectivity index (χ3v) is 1.26. The van der Waals surface area contributed by atoms with E-state index in [-0.39, 0.29) is 0 Å². The number of hydrazine groups is 1. The van der Waals surface area contributed by atoms with Crippen molar-refractivity contribution < 1.29 is 9.18 Å². The number of rotatable bonds is 2. The summed E-state index contributed by atoms with van der Waals surface area (Å²) in [5, 5.41) is 1.70. The molecule has 0 aromatic rings. The van der Waals surface area contributed by atoms with E-state index in [1.807, 2.05) is 0 Å². The van der Waals surface area contributed by atoms with Crippen molar-refractivity contribution in [2.45, 2.75) is 6.42 Å². The van der Waals surface area contributed by atoms with E-state index in [0.29, 0.717) is 0 Å². The molecule has 1 saturated heterocycles. The normalized spacial score (nSPS) is 18.8. The summed E-state index contributed by atoms with van der Waals surface area (Å²) in [5.41, 5.74) is 2.39. The third kappa shape index (κ3) is 1.64. The second-order valence-corrected chi connectivity index (χ2v) is 2.01. The van der Waals surface area contributed by atoms with Gasteiger partial charge in [0.1, 0.15) is 0 Å². The third-order valence-electron chi connectivity index (χ3n) is 1.26. The Labute approximate surface area is 52.8 Å². The maximum absolute atomic E-state index is 11.5. The molecule has 0 aromatic carbocycles. The first-order valence-corrected chi connectivity index (χ1v) is 2.93. The standard InChI is InChI=1S/C5H9FN2O/c6-4-5(9)7-8-2-1-3-8/h1-4H2,(H,7,9). The van der Waals surface area contributed by atoms with Crippen molar-refractivity contribution >= 4 is 5.91 Å². The largest absolute Gasteiger partial charge is 0.287 e. The molecule has 1 heterocycles. The zero-order valence-corrected chi connectivity index (χ0v) is 5.06. The maximum atomic E-state index is 11.5. The SMILES string of the molecule is O=C(CF)NN1CCC1. The van der Waals surface area contributed by atoms with Crippen molar-refractivity contribution in [3.8, 4) is 0 Å².